The van der Waals surface area contributed by atoms with Gasteiger partial charge in [0, 0.05) is 43.2 Å². The standard InChI is InChI=1S/C24H28N2O2/c1-18-7-9-19(10-8-18)24-22-6-4-13-25(22)14-5-15-26(24)17-20-11-12-21(27-2)16-23(20)28-3/h4,6-13,16,24H,5,14-15,17H2,1-3H3. The molecule has 1 aliphatic heterocycles. The van der Waals surface area contributed by atoms with Crippen molar-refractivity contribution in [3.8, 4) is 11.5 Å². The van der Waals surface area contributed by atoms with Crippen molar-refractivity contribution in [2.75, 3.05) is 20.8 Å². The van der Waals surface area contributed by atoms with Gasteiger partial charge in [0.05, 0.1) is 20.3 Å². The molecule has 0 saturated heterocycles. The number of rotatable bonds is 5. The van der Waals surface area contributed by atoms with Gasteiger partial charge in [-0.3, -0.25) is 4.90 Å². The molecule has 0 radical (unpaired) electrons. The Morgan fingerprint density at radius 1 is 0.964 bits per heavy atom. The fourth-order valence-electron chi connectivity index (χ4n) is 4.14. The van der Waals surface area contributed by atoms with Crippen LogP contribution in [0.3, 0.4) is 0 Å². The van der Waals surface area contributed by atoms with E-state index in [1.165, 1.54) is 22.4 Å². The van der Waals surface area contributed by atoms with Gasteiger partial charge in [0.2, 0.25) is 0 Å². The molecule has 0 spiro atoms. The zero-order chi connectivity index (χ0) is 19.5. The molecule has 146 valence electrons. The van der Waals surface area contributed by atoms with E-state index in [4.69, 9.17) is 9.47 Å². The highest BCUT2D eigenvalue weighted by Crippen LogP contribution is 2.35. The highest BCUT2D eigenvalue weighted by Gasteiger charge is 2.28. The van der Waals surface area contributed by atoms with Gasteiger partial charge in [0.25, 0.3) is 0 Å². The molecular formula is C24H28N2O2. The number of nitrogens with zero attached hydrogens (tertiary/aromatic N) is 2. The lowest BCUT2D eigenvalue weighted by Crippen LogP contribution is -2.29. The summed E-state index contributed by atoms with van der Waals surface area (Å²) in [4.78, 5) is 2.56. The number of hydrogen-bond donors (Lipinski definition) is 0. The molecular weight excluding hydrogens is 348 g/mol. The summed E-state index contributed by atoms with van der Waals surface area (Å²) in [6.45, 7) is 5.06. The number of aryl methyl sites for hydroxylation is 2. The first kappa shape index (κ1) is 18.6. The van der Waals surface area contributed by atoms with Gasteiger partial charge >= 0.3 is 0 Å². The predicted octanol–water partition coefficient (Wildman–Crippen LogP) is 4.81. The Kier molecular flexibility index (Phi) is 5.40. The molecule has 1 atom stereocenters. The number of methoxy groups -OCH3 is 2. The summed E-state index contributed by atoms with van der Waals surface area (Å²) >= 11 is 0. The lowest BCUT2D eigenvalue weighted by molar-refractivity contribution is 0.217. The van der Waals surface area contributed by atoms with E-state index in [0.717, 1.165) is 37.6 Å². The summed E-state index contributed by atoms with van der Waals surface area (Å²) in [6, 6.07) is 19.7. The van der Waals surface area contributed by atoms with Crippen LogP contribution in [0.4, 0.5) is 0 Å². The maximum atomic E-state index is 5.66. The van der Waals surface area contributed by atoms with Gasteiger partial charge in [-0.25, -0.2) is 0 Å². The molecule has 1 unspecified atom stereocenters. The van der Waals surface area contributed by atoms with Crippen LogP contribution in [0.15, 0.2) is 60.8 Å². The topological polar surface area (TPSA) is 26.6 Å². The minimum Gasteiger partial charge on any atom is -0.497 e. The summed E-state index contributed by atoms with van der Waals surface area (Å²) in [5.41, 5.74) is 5.16. The molecule has 0 N–H and O–H groups in total. The Labute approximate surface area is 167 Å². The van der Waals surface area contributed by atoms with Gasteiger partial charge in [-0.2, -0.15) is 0 Å². The third kappa shape index (κ3) is 3.65. The van der Waals surface area contributed by atoms with Crippen molar-refractivity contribution in [1.82, 2.24) is 9.47 Å². The van der Waals surface area contributed by atoms with Crippen LogP contribution in [0.1, 0.15) is 34.8 Å². The Balaban J connectivity index is 1.73. The zero-order valence-electron chi connectivity index (χ0n) is 16.9. The van der Waals surface area contributed by atoms with Gasteiger partial charge in [-0.15, -0.1) is 0 Å². The third-order valence-corrected chi connectivity index (χ3v) is 5.62. The van der Waals surface area contributed by atoms with Crippen molar-refractivity contribution in [2.24, 2.45) is 0 Å². The van der Waals surface area contributed by atoms with Gasteiger partial charge < -0.3 is 14.0 Å². The van der Waals surface area contributed by atoms with E-state index in [9.17, 15) is 0 Å². The Hall–Kier alpha value is -2.72. The molecule has 0 saturated carbocycles. The molecule has 0 fully saturated rings. The number of fused-ring (bicyclic) bond motifs is 1. The predicted molar refractivity (Wildman–Crippen MR) is 112 cm³/mol. The summed E-state index contributed by atoms with van der Waals surface area (Å²) in [5.74, 6) is 1.70. The first-order chi connectivity index (χ1) is 13.7. The summed E-state index contributed by atoms with van der Waals surface area (Å²) in [7, 11) is 3.41. The van der Waals surface area contributed by atoms with E-state index in [1.54, 1.807) is 14.2 Å². The van der Waals surface area contributed by atoms with Crippen LogP contribution in [-0.4, -0.2) is 30.2 Å². The third-order valence-electron chi connectivity index (χ3n) is 5.62. The largest absolute Gasteiger partial charge is 0.497 e. The minimum atomic E-state index is 0.227. The molecule has 0 aliphatic carbocycles. The average Bonchev–Trinajstić information content (AvgIpc) is 3.11. The van der Waals surface area contributed by atoms with Crippen molar-refractivity contribution in [3.05, 3.63) is 83.2 Å². The Morgan fingerprint density at radius 2 is 1.79 bits per heavy atom. The molecule has 2 heterocycles. The summed E-state index contributed by atoms with van der Waals surface area (Å²) < 4.78 is 13.4. The quantitative estimate of drug-likeness (QED) is 0.639. The molecule has 0 amide bonds. The van der Waals surface area contributed by atoms with Crippen LogP contribution in [0, 0.1) is 6.92 Å². The van der Waals surface area contributed by atoms with Crippen molar-refractivity contribution >= 4 is 0 Å². The van der Waals surface area contributed by atoms with Crippen LogP contribution < -0.4 is 9.47 Å². The van der Waals surface area contributed by atoms with E-state index >= 15 is 0 Å². The second kappa shape index (κ2) is 8.11. The van der Waals surface area contributed by atoms with Gasteiger partial charge in [-0.05, 0) is 37.1 Å². The number of benzene rings is 2. The van der Waals surface area contributed by atoms with Gasteiger partial charge in [0.15, 0.2) is 0 Å². The highest BCUT2D eigenvalue weighted by molar-refractivity contribution is 5.41. The second-order valence-corrected chi connectivity index (χ2v) is 7.44. The maximum Gasteiger partial charge on any atom is 0.127 e. The SMILES string of the molecule is COc1ccc(CN2CCCn3cccc3C2c2ccc(C)cc2)c(OC)c1. The van der Waals surface area contributed by atoms with Crippen molar-refractivity contribution in [3.63, 3.8) is 0 Å². The van der Waals surface area contributed by atoms with E-state index in [1.807, 2.05) is 12.1 Å². The van der Waals surface area contributed by atoms with E-state index in [2.05, 4.69) is 65.1 Å². The molecule has 4 rings (SSSR count). The first-order valence-electron chi connectivity index (χ1n) is 9.86. The molecule has 4 nitrogen and oxygen atoms in total. The fourth-order valence-corrected chi connectivity index (χ4v) is 4.14. The average molecular weight is 377 g/mol. The molecule has 3 aromatic rings. The Morgan fingerprint density at radius 3 is 2.54 bits per heavy atom. The van der Waals surface area contributed by atoms with Crippen molar-refractivity contribution in [2.45, 2.75) is 32.5 Å². The maximum absolute atomic E-state index is 5.66. The number of aromatic nitrogens is 1. The van der Waals surface area contributed by atoms with E-state index in [0.29, 0.717) is 0 Å². The van der Waals surface area contributed by atoms with Gasteiger partial charge in [-0.1, -0.05) is 35.9 Å². The fraction of sp³-hybridized carbons (Fsp3) is 0.333. The molecule has 0 bridgehead atoms. The molecule has 2 aromatic carbocycles. The second-order valence-electron chi connectivity index (χ2n) is 7.44. The molecule has 28 heavy (non-hydrogen) atoms. The van der Waals surface area contributed by atoms with Gasteiger partial charge in [0.1, 0.15) is 11.5 Å². The van der Waals surface area contributed by atoms with Crippen molar-refractivity contribution in [1.29, 1.82) is 0 Å². The van der Waals surface area contributed by atoms with E-state index in [-0.39, 0.29) is 6.04 Å². The normalized spacial score (nSPS) is 17.0. The van der Waals surface area contributed by atoms with Crippen LogP contribution >= 0.6 is 0 Å². The number of hydrogen-bond acceptors (Lipinski definition) is 3. The van der Waals surface area contributed by atoms with Crippen LogP contribution in [-0.2, 0) is 13.1 Å². The Bertz CT molecular complexity index is 930. The number of ether oxygens (including phenoxy) is 2. The zero-order valence-corrected chi connectivity index (χ0v) is 16.9. The lowest BCUT2D eigenvalue weighted by Gasteiger charge is -2.31. The highest BCUT2D eigenvalue weighted by atomic mass is 16.5. The molecule has 4 heteroatoms. The molecule has 1 aliphatic rings. The molecule has 1 aromatic heterocycles. The smallest absolute Gasteiger partial charge is 0.127 e. The summed E-state index contributed by atoms with van der Waals surface area (Å²) in [6.07, 6.45) is 3.33. The minimum absolute atomic E-state index is 0.227. The van der Waals surface area contributed by atoms with Crippen LogP contribution in [0.5, 0.6) is 11.5 Å². The lowest BCUT2D eigenvalue weighted by atomic mass is 9.99. The van der Waals surface area contributed by atoms with Crippen molar-refractivity contribution < 1.29 is 9.47 Å². The monoisotopic (exact) mass is 376 g/mol. The van der Waals surface area contributed by atoms with E-state index < -0.39 is 0 Å². The van der Waals surface area contributed by atoms with Crippen LogP contribution in [0.25, 0.3) is 0 Å². The first-order valence-corrected chi connectivity index (χ1v) is 9.86. The van der Waals surface area contributed by atoms with Crippen LogP contribution in [0.2, 0.25) is 0 Å². The summed E-state index contributed by atoms with van der Waals surface area (Å²) in [5, 5.41) is 0.